The summed E-state index contributed by atoms with van der Waals surface area (Å²) in [5.41, 5.74) is 0.543. The standard InChI is InChI=1S/C19H15N3O3S2/c1-12-20-21-19(26-12)27-16-11-17(23)22(18(16)24)13-7-9-15(10-8-13)25-14-5-3-2-4-6-14/h2-10,16H,11H2,1H3/t16-/m0/s1. The normalized spacial score (nSPS) is 16.8. The summed E-state index contributed by atoms with van der Waals surface area (Å²) in [6.07, 6.45) is 0.157. The van der Waals surface area contributed by atoms with Gasteiger partial charge in [-0.1, -0.05) is 41.3 Å². The van der Waals surface area contributed by atoms with Gasteiger partial charge in [-0.15, -0.1) is 10.2 Å². The summed E-state index contributed by atoms with van der Waals surface area (Å²) >= 11 is 2.72. The fourth-order valence-corrected chi connectivity index (χ4v) is 4.79. The molecule has 2 amide bonds. The molecule has 4 rings (SSSR count). The SMILES string of the molecule is Cc1nnc(S[C@H]2CC(=O)N(c3ccc(Oc4ccccc4)cc3)C2=O)s1. The van der Waals surface area contributed by atoms with E-state index in [2.05, 4.69) is 10.2 Å². The summed E-state index contributed by atoms with van der Waals surface area (Å²) < 4.78 is 6.45. The highest BCUT2D eigenvalue weighted by Gasteiger charge is 2.40. The van der Waals surface area contributed by atoms with Gasteiger partial charge in [0.25, 0.3) is 0 Å². The van der Waals surface area contributed by atoms with Crippen molar-refractivity contribution in [3.63, 3.8) is 0 Å². The molecule has 0 spiro atoms. The van der Waals surface area contributed by atoms with Gasteiger partial charge >= 0.3 is 0 Å². The van der Waals surface area contributed by atoms with E-state index >= 15 is 0 Å². The molecule has 3 aromatic rings. The molecule has 8 heteroatoms. The molecule has 0 aliphatic carbocycles. The van der Waals surface area contributed by atoms with Crippen LogP contribution in [0, 0.1) is 6.92 Å². The monoisotopic (exact) mass is 397 g/mol. The first-order valence-corrected chi connectivity index (χ1v) is 9.96. The molecule has 1 aromatic heterocycles. The smallest absolute Gasteiger partial charge is 0.247 e. The summed E-state index contributed by atoms with van der Waals surface area (Å²) in [6.45, 7) is 1.86. The topological polar surface area (TPSA) is 72.4 Å². The van der Waals surface area contributed by atoms with Crippen LogP contribution in [0.1, 0.15) is 11.4 Å². The number of carbonyl (C=O) groups is 2. The van der Waals surface area contributed by atoms with Crippen LogP contribution in [0.15, 0.2) is 58.9 Å². The van der Waals surface area contributed by atoms with E-state index in [1.807, 2.05) is 37.3 Å². The molecule has 136 valence electrons. The zero-order chi connectivity index (χ0) is 18.8. The summed E-state index contributed by atoms with van der Waals surface area (Å²) in [4.78, 5) is 26.3. The molecular formula is C19H15N3O3S2. The number of hydrogen-bond donors (Lipinski definition) is 0. The van der Waals surface area contributed by atoms with Crippen molar-refractivity contribution in [1.82, 2.24) is 10.2 Å². The maximum atomic E-state index is 12.7. The van der Waals surface area contributed by atoms with E-state index in [9.17, 15) is 9.59 Å². The van der Waals surface area contributed by atoms with E-state index < -0.39 is 5.25 Å². The number of nitrogens with zero attached hydrogens (tertiary/aromatic N) is 3. The molecule has 6 nitrogen and oxygen atoms in total. The van der Waals surface area contributed by atoms with Crippen molar-refractivity contribution >= 4 is 40.6 Å². The van der Waals surface area contributed by atoms with Gasteiger partial charge in [0.05, 0.1) is 5.69 Å². The van der Waals surface area contributed by atoms with Gasteiger partial charge in [-0.25, -0.2) is 4.90 Å². The van der Waals surface area contributed by atoms with Crippen LogP contribution in [0.25, 0.3) is 0 Å². The maximum absolute atomic E-state index is 12.7. The van der Waals surface area contributed by atoms with Crippen molar-refractivity contribution in [2.24, 2.45) is 0 Å². The Balaban J connectivity index is 1.47. The van der Waals surface area contributed by atoms with E-state index in [1.165, 1.54) is 28.0 Å². The second-order valence-corrected chi connectivity index (χ2v) is 8.51. The fourth-order valence-electron chi connectivity index (χ4n) is 2.70. The van der Waals surface area contributed by atoms with Crippen molar-refractivity contribution < 1.29 is 14.3 Å². The van der Waals surface area contributed by atoms with Gasteiger partial charge in [0.2, 0.25) is 11.8 Å². The number of carbonyl (C=O) groups excluding carboxylic acids is 2. The summed E-state index contributed by atoms with van der Waals surface area (Å²) in [7, 11) is 0. The number of benzene rings is 2. The van der Waals surface area contributed by atoms with Crippen LogP contribution in [0.4, 0.5) is 5.69 Å². The van der Waals surface area contributed by atoms with Crippen LogP contribution >= 0.6 is 23.1 Å². The van der Waals surface area contributed by atoms with E-state index in [4.69, 9.17) is 4.74 Å². The summed E-state index contributed by atoms with van der Waals surface area (Å²) in [6, 6.07) is 16.3. The van der Waals surface area contributed by atoms with E-state index in [0.717, 1.165) is 10.8 Å². The number of para-hydroxylation sites is 1. The molecule has 0 unspecified atom stereocenters. The average Bonchev–Trinajstić information content (AvgIpc) is 3.20. The Hall–Kier alpha value is -2.71. The molecule has 1 aliphatic heterocycles. The van der Waals surface area contributed by atoms with Gasteiger partial charge in [0, 0.05) is 6.42 Å². The van der Waals surface area contributed by atoms with Gasteiger partial charge in [0.15, 0.2) is 4.34 Å². The molecule has 2 heterocycles. The van der Waals surface area contributed by atoms with Gasteiger partial charge < -0.3 is 4.74 Å². The molecule has 0 N–H and O–H groups in total. The highest BCUT2D eigenvalue weighted by molar-refractivity contribution is 8.02. The minimum absolute atomic E-state index is 0.157. The van der Waals surface area contributed by atoms with Crippen molar-refractivity contribution in [3.8, 4) is 11.5 Å². The Morgan fingerprint density at radius 3 is 2.41 bits per heavy atom. The third kappa shape index (κ3) is 3.86. The molecular weight excluding hydrogens is 382 g/mol. The van der Waals surface area contributed by atoms with Gasteiger partial charge in [-0.2, -0.15) is 0 Å². The number of aryl methyl sites for hydroxylation is 1. The van der Waals surface area contributed by atoms with Crippen molar-refractivity contribution in [2.75, 3.05) is 4.90 Å². The second kappa shape index (κ2) is 7.50. The molecule has 0 radical (unpaired) electrons. The zero-order valence-corrected chi connectivity index (χ0v) is 16.0. The Bertz CT molecular complexity index is 973. The predicted molar refractivity (Wildman–Crippen MR) is 104 cm³/mol. The zero-order valence-electron chi connectivity index (χ0n) is 14.4. The van der Waals surface area contributed by atoms with Gasteiger partial charge in [0.1, 0.15) is 21.8 Å². The van der Waals surface area contributed by atoms with E-state index in [0.29, 0.717) is 15.8 Å². The molecule has 0 bridgehead atoms. The lowest BCUT2D eigenvalue weighted by Gasteiger charge is -2.15. The van der Waals surface area contributed by atoms with Crippen LogP contribution in [0.3, 0.4) is 0 Å². The van der Waals surface area contributed by atoms with Crippen LogP contribution in [-0.4, -0.2) is 27.3 Å². The quantitative estimate of drug-likeness (QED) is 0.605. The lowest BCUT2D eigenvalue weighted by molar-refractivity contribution is -0.121. The third-order valence-corrected chi connectivity index (χ3v) is 6.04. The number of imide groups is 1. The largest absolute Gasteiger partial charge is 0.457 e. The Morgan fingerprint density at radius 2 is 1.74 bits per heavy atom. The Morgan fingerprint density at radius 1 is 1.04 bits per heavy atom. The van der Waals surface area contributed by atoms with Crippen LogP contribution in [0.2, 0.25) is 0 Å². The molecule has 1 aliphatic rings. The highest BCUT2D eigenvalue weighted by Crippen LogP contribution is 2.35. The lowest BCUT2D eigenvalue weighted by atomic mass is 10.2. The lowest BCUT2D eigenvalue weighted by Crippen LogP contribution is -2.31. The average molecular weight is 397 g/mol. The summed E-state index contributed by atoms with van der Waals surface area (Å²) in [5, 5.41) is 8.33. The maximum Gasteiger partial charge on any atom is 0.247 e. The highest BCUT2D eigenvalue weighted by atomic mass is 32.2. The number of aromatic nitrogens is 2. The minimum atomic E-state index is -0.468. The number of ether oxygens (including phenoxy) is 1. The minimum Gasteiger partial charge on any atom is -0.457 e. The van der Waals surface area contributed by atoms with Gasteiger partial charge in [-0.05, 0) is 43.3 Å². The number of thioether (sulfide) groups is 1. The van der Waals surface area contributed by atoms with Gasteiger partial charge in [-0.3, -0.25) is 9.59 Å². The third-order valence-electron chi connectivity index (χ3n) is 3.93. The van der Waals surface area contributed by atoms with Crippen LogP contribution in [0.5, 0.6) is 11.5 Å². The van der Waals surface area contributed by atoms with Crippen molar-refractivity contribution in [1.29, 1.82) is 0 Å². The molecule has 1 fully saturated rings. The molecule has 1 atom stereocenters. The van der Waals surface area contributed by atoms with E-state index in [1.54, 1.807) is 24.3 Å². The van der Waals surface area contributed by atoms with Crippen molar-refractivity contribution in [2.45, 2.75) is 22.9 Å². The molecule has 2 aromatic carbocycles. The van der Waals surface area contributed by atoms with Crippen molar-refractivity contribution in [3.05, 3.63) is 59.6 Å². The fraction of sp³-hybridized carbons (Fsp3) is 0.158. The Kier molecular flexibility index (Phi) is 4.91. The summed E-state index contributed by atoms with van der Waals surface area (Å²) in [5.74, 6) is 0.923. The number of amides is 2. The van der Waals surface area contributed by atoms with Crippen LogP contribution in [-0.2, 0) is 9.59 Å². The van der Waals surface area contributed by atoms with Crippen LogP contribution < -0.4 is 9.64 Å². The molecule has 27 heavy (non-hydrogen) atoms. The first kappa shape index (κ1) is 17.7. The predicted octanol–water partition coefficient (Wildman–Crippen LogP) is 4.06. The Labute approximate surface area is 164 Å². The molecule has 1 saturated heterocycles. The number of rotatable bonds is 5. The number of anilines is 1. The first-order valence-electron chi connectivity index (χ1n) is 8.27. The first-order chi connectivity index (χ1) is 13.1. The van der Waals surface area contributed by atoms with E-state index in [-0.39, 0.29) is 18.2 Å². The second-order valence-electron chi connectivity index (χ2n) is 5.87. The number of hydrogen-bond acceptors (Lipinski definition) is 7. The molecule has 0 saturated carbocycles.